The highest BCUT2D eigenvalue weighted by atomic mass is 32.2. The van der Waals surface area contributed by atoms with Crippen molar-refractivity contribution in [3.05, 3.63) is 15.6 Å². The van der Waals surface area contributed by atoms with Gasteiger partial charge in [-0.1, -0.05) is 0 Å². The molecule has 0 bridgehead atoms. The normalized spacial score (nSPS) is 26.9. The number of ether oxygens (including phenoxy) is 1. The first-order chi connectivity index (χ1) is 10.1. The van der Waals surface area contributed by atoms with E-state index in [0.717, 1.165) is 13.0 Å². The zero-order valence-corrected chi connectivity index (χ0v) is 14.9. The van der Waals surface area contributed by atoms with Crippen molar-refractivity contribution in [1.82, 2.24) is 10.3 Å². The van der Waals surface area contributed by atoms with E-state index in [-0.39, 0.29) is 5.60 Å². The van der Waals surface area contributed by atoms with Crippen LogP contribution in [0.5, 0.6) is 0 Å². The highest BCUT2D eigenvalue weighted by Gasteiger charge is 2.39. The fourth-order valence-electron chi connectivity index (χ4n) is 3.64. The molecule has 2 aliphatic rings. The zero-order chi connectivity index (χ0) is 14.9. The summed E-state index contributed by atoms with van der Waals surface area (Å²) in [7, 11) is 0. The predicted octanol–water partition coefficient (Wildman–Crippen LogP) is 3.86. The van der Waals surface area contributed by atoms with Crippen molar-refractivity contribution in [1.29, 1.82) is 0 Å². The van der Waals surface area contributed by atoms with E-state index in [1.807, 2.05) is 11.3 Å². The fraction of sp³-hybridized carbons (Fsp3) is 0.812. The number of aromatic nitrogens is 1. The average Bonchev–Trinajstić information content (AvgIpc) is 2.79. The van der Waals surface area contributed by atoms with E-state index in [0.29, 0.717) is 12.1 Å². The van der Waals surface area contributed by atoms with Gasteiger partial charge < -0.3 is 10.1 Å². The molecule has 118 valence electrons. The summed E-state index contributed by atoms with van der Waals surface area (Å²) in [5, 5.41) is 5.01. The Balaban J connectivity index is 1.63. The summed E-state index contributed by atoms with van der Waals surface area (Å²) in [4.78, 5) is 5.96. The molecule has 3 heterocycles. The lowest BCUT2D eigenvalue weighted by Crippen LogP contribution is -2.49. The minimum atomic E-state index is 0.166. The maximum atomic E-state index is 6.19. The number of hydrogen-bond acceptors (Lipinski definition) is 5. The highest BCUT2D eigenvalue weighted by molar-refractivity contribution is 7.99. The van der Waals surface area contributed by atoms with Crippen LogP contribution in [-0.2, 0) is 4.74 Å². The maximum absolute atomic E-state index is 6.19. The molecule has 0 amide bonds. The van der Waals surface area contributed by atoms with E-state index in [1.54, 1.807) is 0 Å². The first kappa shape index (κ1) is 15.8. The number of thioether (sulfide) groups is 1. The molecule has 2 unspecified atom stereocenters. The van der Waals surface area contributed by atoms with Crippen molar-refractivity contribution in [2.24, 2.45) is 0 Å². The number of hydrogen-bond donors (Lipinski definition) is 1. The molecule has 1 spiro atoms. The number of nitrogens with zero attached hydrogens (tertiary/aromatic N) is 1. The molecule has 3 nitrogen and oxygen atoms in total. The van der Waals surface area contributed by atoms with Crippen LogP contribution < -0.4 is 5.32 Å². The molecule has 2 aliphatic heterocycles. The lowest BCUT2D eigenvalue weighted by atomic mass is 9.85. The standard InChI is InChI=1S/C16H26N2OS2/c1-11-15(21-13(3)17-11)12(2)18-14-4-7-19-16(10-14)5-8-20-9-6-16/h12,14,18H,4-10H2,1-3H3. The smallest absolute Gasteiger partial charge is 0.0900 e. The van der Waals surface area contributed by atoms with Gasteiger partial charge in [-0.2, -0.15) is 11.8 Å². The van der Waals surface area contributed by atoms with Gasteiger partial charge in [0.1, 0.15) is 0 Å². The van der Waals surface area contributed by atoms with Gasteiger partial charge in [0, 0.05) is 23.6 Å². The summed E-state index contributed by atoms with van der Waals surface area (Å²) in [5.74, 6) is 2.52. The van der Waals surface area contributed by atoms with Crippen molar-refractivity contribution in [3.8, 4) is 0 Å². The van der Waals surface area contributed by atoms with Crippen LogP contribution in [0, 0.1) is 13.8 Å². The summed E-state index contributed by atoms with van der Waals surface area (Å²) in [5.41, 5.74) is 1.35. The molecular weight excluding hydrogens is 300 g/mol. The molecule has 0 aliphatic carbocycles. The Hall–Kier alpha value is -0.100. The third kappa shape index (κ3) is 3.63. The monoisotopic (exact) mass is 326 g/mol. The second-order valence-corrected chi connectivity index (χ2v) is 8.86. The van der Waals surface area contributed by atoms with Crippen LogP contribution in [-0.4, -0.2) is 34.7 Å². The lowest BCUT2D eigenvalue weighted by molar-refractivity contribution is -0.0940. The Bertz CT molecular complexity index is 477. The summed E-state index contributed by atoms with van der Waals surface area (Å²) >= 11 is 3.90. The molecule has 3 rings (SSSR count). The fourth-order valence-corrected chi connectivity index (χ4v) is 5.82. The van der Waals surface area contributed by atoms with Gasteiger partial charge in [-0.25, -0.2) is 4.98 Å². The van der Waals surface area contributed by atoms with Crippen LogP contribution in [0.25, 0.3) is 0 Å². The topological polar surface area (TPSA) is 34.2 Å². The predicted molar refractivity (Wildman–Crippen MR) is 91.4 cm³/mol. The third-order valence-electron chi connectivity index (χ3n) is 4.72. The SMILES string of the molecule is Cc1nc(C)c(C(C)NC2CCOC3(CCSCC3)C2)s1. The van der Waals surface area contributed by atoms with E-state index < -0.39 is 0 Å². The molecule has 0 aromatic carbocycles. The maximum Gasteiger partial charge on any atom is 0.0900 e. The Kier molecular flexibility index (Phi) is 4.94. The number of thiazole rings is 1. The third-order valence-corrected chi connectivity index (χ3v) is 6.96. The van der Waals surface area contributed by atoms with Crippen LogP contribution >= 0.6 is 23.1 Å². The molecule has 0 saturated carbocycles. The van der Waals surface area contributed by atoms with Gasteiger partial charge in [0.2, 0.25) is 0 Å². The van der Waals surface area contributed by atoms with Crippen LogP contribution in [0.2, 0.25) is 0 Å². The average molecular weight is 327 g/mol. The van der Waals surface area contributed by atoms with Gasteiger partial charge in [0.15, 0.2) is 0 Å². The largest absolute Gasteiger partial charge is 0.375 e. The molecule has 21 heavy (non-hydrogen) atoms. The Morgan fingerprint density at radius 3 is 2.76 bits per heavy atom. The van der Waals surface area contributed by atoms with Crippen molar-refractivity contribution in [3.63, 3.8) is 0 Å². The van der Waals surface area contributed by atoms with E-state index in [2.05, 4.69) is 42.8 Å². The second kappa shape index (κ2) is 6.57. The van der Waals surface area contributed by atoms with Gasteiger partial charge in [-0.3, -0.25) is 0 Å². The first-order valence-corrected chi connectivity index (χ1v) is 9.97. The van der Waals surface area contributed by atoms with Gasteiger partial charge in [0.25, 0.3) is 0 Å². The molecule has 2 saturated heterocycles. The molecule has 1 aromatic heterocycles. The van der Waals surface area contributed by atoms with Crippen LogP contribution in [0.1, 0.15) is 54.2 Å². The summed E-state index contributed by atoms with van der Waals surface area (Å²) in [6.45, 7) is 7.41. The van der Waals surface area contributed by atoms with E-state index in [1.165, 1.54) is 46.3 Å². The van der Waals surface area contributed by atoms with E-state index in [9.17, 15) is 0 Å². The van der Waals surface area contributed by atoms with E-state index >= 15 is 0 Å². The quantitative estimate of drug-likeness (QED) is 0.915. The van der Waals surface area contributed by atoms with Crippen molar-refractivity contribution < 1.29 is 4.74 Å². The van der Waals surface area contributed by atoms with Crippen molar-refractivity contribution in [2.45, 2.75) is 64.1 Å². The van der Waals surface area contributed by atoms with Crippen molar-refractivity contribution >= 4 is 23.1 Å². The molecular formula is C16H26N2OS2. The molecule has 1 N–H and O–H groups in total. The molecule has 2 atom stereocenters. The molecule has 2 fully saturated rings. The Morgan fingerprint density at radius 1 is 1.33 bits per heavy atom. The Morgan fingerprint density at radius 2 is 2.10 bits per heavy atom. The molecule has 1 aromatic rings. The number of rotatable bonds is 3. The summed E-state index contributed by atoms with van der Waals surface area (Å²) in [6.07, 6.45) is 4.76. The van der Waals surface area contributed by atoms with Gasteiger partial charge in [-0.15, -0.1) is 11.3 Å². The minimum Gasteiger partial charge on any atom is -0.375 e. The van der Waals surface area contributed by atoms with Gasteiger partial charge in [-0.05, 0) is 58.0 Å². The molecule has 5 heteroatoms. The lowest BCUT2D eigenvalue weighted by Gasteiger charge is -2.44. The van der Waals surface area contributed by atoms with Crippen molar-refractivity contribution in [2.75, 3.05) is 18.1 Å². The van der Waals surface area contributed by atoms with Gasteiger partial charge >= 0.3 is 0 Å². The zero-order valence-electron chi connectivity index (χ0n) is 13.3. The Labute approximate surface area is 136 Å². The minimum absolute atomic E-state index is 0.166. The highest BCUT2D eigenvalue weighted by Crippen LogP contribution is 2.38. The van der Waals surface area contributed by atoms with Crippen LogP contribution in [0.15, 0.2) is 0 Å². The van der Waals surface area contributed by atoms with Gasteiger partial charge in [0.05, 0.1) is 16.3 Å². The number of aryl methyl sites for hydroxylation is 2. The summed E-state index contributed by atoms with van der Waals surface area (Å²) in [6, 6.07) is 0.980. The first-order valence-electron chi connectivity index (χ1n) is 8.00. The second-order valence-electron chi connectivity index (χ2n) is 6.40. The summed E-state index contributed by atoms with van der Waals surface area (Å²) < 4.78 is 6.19. The molecule has 0 radical (unpaired) electrons. The number of nitrogens with one attached hydrogen (secondary N) is 1. The van der Waals surface area contributed by atoms with Crippen LogP contribution in [0.4, 0.5) is 0 Å². The van der Waals surface area contributed by atoms with E-state index in [4.69, 9.17) is 4.74 Å². The van der Waals surface area contributed by atoms with Crippen LogP contribution in [0.3, 0.4) is 0 Å².